The number of para-hydroxylation sites is 1. The van der Waals surface area contributed by atoms with E-state index in [1.807, 2.05) is 60.7 Å². The van der Waals surface area contributed by atoms with E-state index in [4.69, 9.17) is 0 Å². The van der Waals surface area contributed by atoms with Gasteiger partial charge in [0.05, 0.1) is 10.6 Å². The summed E-state index contributed by atoms with van der Waals surface area (Å²) in [7, 11) is -3.64. The van der Waals surface area contributed by atoms with Crippen LogP contribution in [0.2, 0.25) is 0 Å². The van der Waals surface area contributed by atoms with Gasteiger partial charge in [-0.1, -0.05) is 60.7 Å². The molecule has 0 bridgehead atoms. The number of sulfonamides is 1. The van der Waals surface area contributed by atoms with Gasteiger partial charge in [-0.3, -0.25) is 4.72 Å². The van der Waals surface area contributed by atoms with Crippen molar-refractivity contribution in [3.8, 4) is 0 Å². The van der Waals surface area contributed by atoms with Gasteiger partial charge in [-0.25, -0.2) is 8.42 Å². The zero-order valence-electron chi connectivity index (χ0n) is 12.8. The molecular formula is C19H16INO2S. The molecule has 0 heterocycles. The summed E-state index contributed by atoms with van der Waals surface area (Å²) in [4.78, 5) is 0.313. The van der Waals surface area contributed by atoms with Gasteiger partial charge in [-0.05, 0) is 58.3 Å². The van der Waals surface area contributed by atoms with Crippen LogP contribution in [0, 0.1) is 3.57 Å². The van der Waals surface area contributed by atoms with Crippen LogP contribution in [0.4, 0.5) is 5.69 Å². The number of anilines is 1. The lowest BCUT2D eigenvalue weighted by Gasteiger charge is -2.13. The molecule has 3 rings (SSSR count). The minimum absolute atomic E-state index is 0.313. The van der Waals surface area contributed by atoms with E-state index in [0.29, 0.717) is 17.0 Å². The Morgan fingerprint density at radius 1 is 0.792 bits per heavy atom. The summed E-state index contributed by atoms with van der Waals surface area (Å²) < 4.78 is 29.3. The van der Waals surface area contributed by atoms with Gasteiger partial charge in [0, 0.05) is 3.57 Å². The van der Waals surface area contributed by atoms with Crippen LogP contribution in [-0.4, -0.2) is 8.42 Å². The molecule has 24 heavy (non-hydrogen) atoms. The normalized spacial score (nSPS) is 11.2. The number of hydrogen-bond acceptors (Lipinski definition) is 2. The molecule has 3 aromatic rings. The van der Waals surface area contributed by atoms with Crippen LogP contribution < -0.4 is 4.72 Å². The Labute approximate surface area is 155 Å². The van der Waals surface area contributed by atoms with Gasteiger partial charge in [-0.15, -0.1) is 0 Å². The van der Waals surface area contributed by atoms with Gasteiger partial charge in [0.2, 0.25) is 0 Å². The highest BCUT2D eigenvalue weighted by Crippen LogP contribution is 2.24. The Balaban J connectivity index is 1.95. The smallest absolute Gasteiger partial charge is 0.262 e. The summed E-state index contributed by atoms with van der Waals surface area (Å²) in [6.07, 6.45) is 0.573. The Bertz CT molecular complexity index is 940. The number of nitrogens with one attached hydrogen (secondary N) is 1. The maximum Gasteiger partial charge on any atom is 0.262 e. The maximum atomic E-state index is 12.9. The van der Waals surface area contributed by atoms with Crippen LogP contribution in [0.3, 0.4) is 0 Å². The second-order valence-electron chi connectivity index (χ2n) is 5.36. The second kappa shape index (κ2) is 7.36. The molecule has 5 heteroatoms. The highest BCUT2D eigenvalue weighted by Gasteiger charge is 2.19. The van der Waals surface area contributed by atoms with Gasteiger partial charge in [-0.2, -0.15) is 0 Å². The van der Waals surface area contributed by atoms with E-state index in [1.54, 1.807) is 18.2 Å². The Morgan fingerprint density at radius 2 is 1.42 bits per heavy atom. The third kappa shape index (κ3) is 3.96. The third-order valence-corrected chi connectivity index (χ3v) is 6.02. The van der Waals surface area contributed by atoms with Crippen molar-refractivity contribution >= 4 is 38.3 Å². The number of benzene rings is 3. The van der Waals surface area contributed by atoms with Crippen LogP contribution in [0.25, 0.3) is 0 Å². The van der Waals surface area contributed by atoms with E-state index < -0.39 is 10.0 Å². The molecule has 3 nitrogen and oxygen atoms in total. The molecule has 1 N–H and O–H groups in total. The summed E-state index contributed by atoms with van der Waals surface area (Å²) in [5, 5.41) is 0. The van der Waals surface area contributed by atoms with Gasteiger partial charge < -0.3 is 0 Å². The molecule has 122 valence electrons. The molecule has 0 saturated carbocycles. The monoisotopic (exact) mass is 449 g/mol. The lowest BCUT2D eigenvalue weighted by molar-refractivity contribution is 0.600. The molecule has 0 spiro atoms. The number of rotatable bonds is 5. The molecule has 0 aromatic heterocycles. The van der Waals surface area contributed by atoms with Crippen molar-refractivity contribution in [3.63, 3.8) is 0 Å². The summed E-state index contributed by atoms with van der Waals surface area (Å²) in [6, 6.07) is 24.3. The van der Waals surface area contributed by atoms with Crippen LogP contribution >= 0.6 is 22.6 Å². The van der Waals surface area contributed by atoms with Crippen molar-refractivity contribution in [1.29, 1.82) is 0 Å². The number of hydrogen-bond donors (Lipinski definition) is 1. The standard InChI is InChI=1S/C19H16INO2S/c20-17-11-5-6-12-18(17)21-24(22,23)19-13-7-4-10-16(19)14-15-8-2-1-3-9-15/h1-13,21H,14H2. The Morgan fingerprint density at radius 3 is 2.17 bits per heavy atom. The maximum absolute atomic E-state index is 12.9. The van der Waals surface area contributed by atoms with Crippen molar-refractivity contribution in [1.82, 2.24) is 0 Å². The van der Waals surface area contributed by atoms with Gasteiger partial charge in [0.1, 0.15) is 0 Å². The van der Waals surface area contributed by atoms with E-state index >= 15 is 0 Å². The van der Waals surface area contributed by atoms with E-state index in [9.17, 15) is 8.42 Å². The van der Waals surface area contributed by atoms with Gasteiger partial charge >= 0.3 is 0 Å². The van der Waals surface area contributed by atoms with E-state index in [0.717, 1.165) is 14.7 Å². The van der Waals surface area contributed by atoms with Crippen LogP contribution in [0.5, 0.6) is 0 Å². The lowest BCUT2D eigenvalue weighted by Crippen LogP contribution is -2.15. The predicted molar refractivity (Wildman–Crippen MR) is 106 cm³/mol. The zero-order valence-corrected chi connectivity index (χ0v) is 15.8. The highest BCUT2D eigenvalue weighted by molar-refractivity contribution is 14.1. The first-order valence-electron chi connectivity index (χ1n) is 7.45. The van der Waals surface area contributed by atoms with Gasteiger partial charge in [0.15, 0.2) is 0 Å². The minimum Gasteiger partial charge on any atom is -0.279 e. The lowest BCUT2D eigenvalue weighted by atomic mass is 10.1. The molecule has 0 aliphatic heterocycles. The van der Waals surface area contributed by atoms with Gasteiger partial charge in [0.25, 0.3) is 10.0 Å². The summed E-state index contributed by atoms with van der Waals surface area (Å²) in [5.74, 6) is 0. The fourth-order valence-electron chi connectivity index (χ4n) is 2.47. The molecular weight excluding hydrogens is 433 g/mol. The Kier molecular flexibility index (Phi) is 5.20. The first kappa shape index (κ1) is 17.0. The summed E-state index contributed by atoms with van der Waals surface area (Å²) in [5.41, 5.74) is 2.45. The molecule has 0 unspecified atom stereocenters. The topological polar surface area (TPSA) is 46.2 Å². The Hall–Kier alpha value is -1.86. The molecule has 3 aromatic carbocycles. The molecule has 0 radical (unpaired) electrons. The van der Waals surface area contributed by atoms with Crippen molar-refractivity contribution in [2.24, 2.45) is 0 Å². The molecule has 0 amide bonds. The first-order chi connectivity index (χ1) is 11.6. The average Bonchev–Trinajstić information content (AvgIpc) is 2.58. The van der Waals surface area contributed by atoms with Crippen molar-refractivity contribution in [2.75, 3.05) is 4.72 Å². The molecule has 0 atom stereocenters. The molecule has 0 fully saturated rings. The quantitative estimate of drug-likeness (QED) is 0.575. The van der Waals surface area contributed by atoms with Crippen molar-refractivity contribution < 1.29 is 8.42 Å². The first-order valence-corrected chi connectivity index (χ1v) is 10.0. The fraction of sp³-hybridized carbons (Fsp3) is 0.0526. The van der Waals surface area contributed by atoms with Crippen molar-refractivity contribution in [2.45, 2.75) is 11.3 Å². The van der Waals surface area contributed by atoms with Crippen molar-refractivity contribution in [3.05, 3.63) is 93.6 Å². The summed E-state index contributed by atoms with van der Waals surface area (Å²) >= 11 is 2.12. The van der Waals surface area contributed by atoms with E-state index in [2.05, 4.69) is 27.3 Å². The zero-order chi connectivity index (χ0) is 17.0. The highest BCUT2D eigenvalue weighted by atomic mass is 127. The number of halogens is 1. The average molecular weight is 449 g/mol. The largest absolute Gasteiger partial charge is 0.279 e. The molecule has 0 saturated heterocycles. The fourth-order valence-corrected chi connectivity index (χ4v) is 4.50. The van der Waals surface area contributed by atoms with E-state index in [-0.39, 0.29) is 0 Å². The second-order valence-corrected chi connectivity index (χ2v) is 8.17. The van der Waals surface area contributed by atoms with Crippen LogP contribution in [-0.2, 0) is 16.4 Å². The van der Waals surface area contributed by atoms with Crippen LogP contribution in [0.15, 0.2) is 83.8 Å². The van der Waals surface area contributed by atoms with Crippen LogP contribution in [0.1, 0.15) is 11.1 Å². The SMILES string of the molecule is O=S(=O)(Nc1ccccc1I)c1ccccc1Cc1ccccc1. The predicted octanol–water partition coefficient (Wildman–Crippen LogP) is 4.68. The summed E-state index contributed by atoms with van der Waals surface area (Å²) in [6.45, 7) is 0. The van der Waals surface area contributed by atoms with E-state index in [1.165, 1.54) is 0 Å². The third-order valence-electron chi connectivity index (χ3n) is 3.62. The molecule has 0 aliphatic rings. The minimum atomic E-state index is -3.64. The molecule has 0 aliphatic carbocycles.